The van der Waals surface area contributed by atoms with E-state index in [1.54, 1.807) is 54.6 Å². The second-order valence-electron chi connectivity index (χ2n) is 10.8. The van der Waals surface area contributed by atoms with Crippen LogP contribution in [0.1, 0.15) is 30.0 Å². The SMILES string of the molecule is CCCNC(=O)[C@@H](Cc1ccccc1)N(Cc1ccc(Cl)cc1Cl)C(=O)CN(c1ccccc1OC)S(=O)(=O)c1ccc(C)cc1. The Kier molecular flexibility index (Phi) is 12.1. The molecule has 2 amide bonds. The van der Waals surface area contributed by atoms with Gasteiger partial charge in [-0.3, -0.25) is 13.9 Å². The molecule has 46 heavy (non-hydrogen) atoms. The second-order valence-corrected chi connectivity index (χ2v) is 13.5. The summed E-state index contributed by atoms with van der Waals surface area (Å²) in [5.41, 5.74) is 2.43. The molecule has 4 rings (SSSR count). The maximum atomic E-state index is 14.6. The lowest BCUT2D eigenvalue weighted by Gasteiger charge is -2.34. The van der Waals surface area contributed by atoms with E-state index in [1.807, 2.05) is 44.2 Å². The predicted octanol–water partition coefficient (Wildman–Crippen LogP) is 6.67. The average Bonchev–Trinajstić information content (AvgIpc) is 3.05. The van der Waals surface area contributed by atoms with Gasteiger partial charge in [-0.15, -0.1) is 0 Å². The van der Waals surface area contributed by atoms with E-state index in [0.717, 1.165) is 15.4 Å². The molecule has 0 saturated heterocycles. The highest BCUT2D eigenvalue weighted by molar-refractivity contribution is 7.92. The van der Waals surface area contributed by atoms with Crippen molar-refractivity contribution in [3.05, 3.63) is 124 Å². The highest BCUT2D eigenvalue weighted by Gasteiger charge is 2.35. The number of anilines is 1. The lowest BCUT2D eigenvalue weighted by atomic mass is 10.0. The average molecular weight is 683 g/mol. The summed E-state index contributed by atoms with van der Waals surface area (Å²) in [6, 6.07) is 26.2. The van der Waals surface area contributed by atoms with Crippen molar-refractivity contribution in [2.75, 3.05) is 24.5 Å². The van der Waals surface area contributed by atoms with Crippen LogP contribution in [0.5, 0.6) is 5.75 Å². The number of methoxy groups -OCH3 is 1. The minimum Gasteiger partial charge on any atom is -0.495 e. The number of amides is 2. The van der Waals surface area contributed by atoms with E-state index in [2.05, 4.69) is 5.32 Å². The molecule has 0 spiro atoms. The van der Waals surface area contributed by atoms with Gasteiger partial charge >= 0.3 is 0 Å². The molecular weight excluding hydrogens is 645 g/mol. The fourth-order valence-corrected chi connectivity index (χ4v) is 6.83. The number of hydrogen-bond acceptors (Lipinski definition) is 5. The fraction of sp³-hybridized carbons (Fsp3) is 0.257. The smallest absolute Gasteiger partial charge is 0.264 e. The quantitative estimate of drug-likeness (QED) is 0.160. The predicted molar refractivity (Wildman–Crippen MR) is 183 cm³/mol. The summed E-state index contributed by atoms with van der Waals surface area (Å²) in [6.07, 6.45) is 0.879. The Morgan fingerprint density at radius 2 is 1.59 bits per heavy atom. The first-order valence-corrected chi connectivity index (χ1v) is 17.0. The molecule has 0 unspecified atom stereocenters. The van der Waals surface area contributed by atoms with E-state index in [4.69, 9.17) is 27.9 Å². The van der Waals surface area contributed by atoms with Gasteiger partial charge < -0.3 is 15.0 Å². The van der Waals surface area contributed by atoms with E-state index >= 15 is 0 Å². The minimum absolute atomic E-state index is 0.00521. The number of nitrogens with one attached hydrogen (secondary N) is 1. The second kappa shape index (κ2) is 16.0. The third kappa shape index (κ3) is 8.60. The van der Waals surface area contributed by atoms with E-state index in [0.29, 0.717) is 28.6 Å². The Labute approximate surface area is 280 Å². The van der Waals surface area contributed by atoms with E-state index in [-0.39, 0.29) is 35.2 Å². The van der Waals surface area contributed by atoms with Gasteiger partial charge in [0.1, 0.15) is 18.3 Å². The monoisotopic (exact) mass is 681 g/mol. The first-order chi connectivity index (χ1) is 22.0. The zero-order chi connectivity index (χ0) is 33.3. The third-order valence-corrected chi connectivity index (χ3v) is 9.78. The number of para-hydroxylation sites is 2. The number of sulfonamides is 1. The van der Waals surface area contributed by atoms with E-state index in [9.17, 15) is 18.0 Å². The summed E-state index contributed by atoms with van der Waals surface area (Å²) in [6.45, 7) is 3.51. The van der Waals surface area contributed by atoms with Crippen molar-refractivity contribution in [2.45, 2.75) is 44.2 Å². The molecule has 8 nitrogen and oxygen atoms in total. The lowest BCUT2D eigenvalue weighted by molar-refractivity contribution is -0.140. The molecule has 0 heterocycles. The minimum atomic E-state index is -4.28. The number of aryl methyl sites for hydroxylation is 1. The molecule has 11 heteroatoms. The molecule has 0 fully saturated rings. The number of halogens is 2. The summed E-state index contributed by atoms with van der Waals surface area (Å²) in [5, 5.41) is 3.65. The summed E-state index contributed by atoms with van der Waals surface area (Å²) in [7, 11) is -2.85. The number of rotatable bonds is 14. The van der Waals surface area contributed by atoms with Gasteiger partial charge in [-0.25, -0.2) is 8.42 Å². The van der Waals surface area contributed by atoms with Crippen LogP contribution < -0.4 is 14.4 Å². The Hall–Kier alpha value is -4.05. The number of ether oxygens (including phenoxy) is 1. The Morgan fingerprint density at radius 3 is 2.24 bits per heavy atom. The molecule has 1 N–H and O–H groups in total. The molecule has 0 aromatic heterocycles. The Morgan fingerprint density at radius 1 is 0.913 bits per heavy atom. The van der Waals surface area contributed by atoms with Gasteiger partial charge in [-0.2, -0.15) is 0 Å². The molecule has 1 atom stereocenters. The van der Waals surface area contributed by atoms with Gasteiger partial charge in [0.25, 0.3) is 10.0 Å². The van der Waals surface area contributed by atoms with Crippen LogP contribution in [0.4, 0.5) is 5.69 Å². The highest BCUT2D eigenvalue weighted by Crippen LogP contribution is 2.33. The van der Waals surface area contributed by atoms with Crippen LogP contribution in [-0.4, -0.2) is 51.4 Å². The summed E-state index contributed by atoms with van der Waals surface area (Å²) >= 11 is 12.7. The summed E-state index contributed by atoms with van der Waals surface area (Å²) in [4.78, 5) is 29.8. The summed E-state index contributed by atoms with van der Waals surface area (Å²) < 4.78 is 35.0. The number of carbonyl (C=O) groups excluding carboxylic acids is 2. The van der Waals surface area contributed by atoms with Gasteiger partial charge in [0, 0.05) is 29.6 Å². The van der Waals surface area contributed by atoms with Crippen LogP contribution in [-0.2, 0) is 32.6 Å². The normalized spacial score (nSPS) is 11.8. The van der Waals surface area contributed by atoms with Crippen molar-refractivity contribution in [2.24, 2.45) is 0 Å². The van der Waals surface area contributed by atoms with Crippen molar-refractivity contribution >= 4 is 50.7 Å². The van der Waals surface area contributed by atoms with Crippen LogP contribution in [0, 0.1) is 6.92 Å². The molecule has 0 aliphatic rings. The maximum Gasteiger partial charge on any atom is 0.264 e. The van der Waals surface area contributed by atoms with Crippen molar-refractivity contribution in [3.63, 3.8) is 0 Å². The number of carbonyl (C=O) groups is 2. The topological polar surface area (TPSA) is 96.0 Å². The van der Waals surface area contributed by atoms with Crippen LogP contribution in [0.25, 0.3) is 0 Å². The van der Waals surface area contributed by atoms with Crippen LogP contribution in [0.2, 0.25) is 10.0 Å². The van der Waals surface area contributed by atoms with Crippen molar-refractivity contribution in [3.8, 4) is 5.75 Å². The number of hydrogen-bond donors (Lipinski definition) is 1. The Bertz CT molecular complexity index is 1750. The van der Waals surface area contributed by atoms with Crippen LogP contribution >= 0.6 is 23.2 Å². The van der Waals surface area contributed by atoms with E-state index < -0.39 is 28.5 Å². The molecule has 0 bridgehead atoms. The van der Waals surface area contributed by atoms with Gasteiger partial charge in [-0.1, -0.05) is 96.4 Å². The fourth-order valence-electron chi connectivity index (χ4n) is 4.94. The molecule has 0 aliphatic heterocycles. The molecule has 4 aromatic rings. The van der Waals surface area contributed by atoms with Crippen molar-refractivity contribution < 1.29 is 22.7 Å². The van der Waals surface area contributed by atoms with Crippen molar-refractivity contribution in [1.82, 2.24) is 10.2 Å². The number of nitrogens with zero attached hydrogens (tertiary/aromatic N) is 2. The zero-order valence-corrected chi connectivity index (χ0v) is 28.3. The zero-order valence-electron chi connectivity index (χ0n) is 26.0. The molecule has 242 valence electrons. The standard InChI is InChI=1S/C35H37Cl2N3O5S/c1-4-20-38-35(42)32(21-26-10-6-5-7-11-26)39(23-27-16-17-28(36)22-30(27)37)34(41)24-40(31-12-8-9-13-33(31)45-3)46(43,44)29-18-14-25(2)15-19-29/h5-19,22,32H,4,20-21,23-24H2,1-3H3,(H,38,42)/t32-/m1/s1. The van der Waals surface area contributed by atoms with Gasteiger partial charge in [0.05, 0.1) is 17.7 Å². The molecule has 0 saturated carbocycles. The van der Waals surface area contributed by atoms with Gasteiger partial charge in [0.2, 0.25) is 11.8 Å². The van der Waals surface area contributed by atoms with Gasteiger partial charge in [0.15, 0.2) is 0 Å². The largest absolute Gasteiger partial charge is 0.495 e. The van der Waals surface area contributed by atoms with Crippen LogP contribution in [0.3, 0.4) is 0 Å². The molecule has 0 aliphatic carbocycles. The number of benzene rings is 4. The first kappa shape index (κ1) is 34.8. The van der Waals surface area contributed by atoms with E-state index in [1.165, 1.54) is 24.1 Å². The highest BCUT2D eigenvalue weighted by atomic mass is 35.5. The lowest BCUT2D eigenvalue weighted by Crippen LogP contribution is -2.53. The van der Waals surface area contributed by atoms with Gasteiger partial charge in [-0.05, 0) is 60.9 Å². The van der Waals surface area contributed by atoms with Crippen molar-refractivity contribution in [1.29, 1.82) is 0 Å². The molecule has 4 aromatic carbocycles. The summed E-state index contributed by atoms with van der Waals surface area (Å²) in [5.74, 6) is -0.714. The van der Waals surface area contributed by atoms with Crippen LogP contribution in [0.15, 0.2) is 102 Å². The Balaban J connectivity index is 1.84. The molecular formula is C35H37Cl2N3O5S. The first-order valence-electron chi connectivity index (χ1n) is 14.8. The molecule has 0 radical (unpaired) electrons. The maximum absolute atomic E-state index is 14.6. The third-order valence-electron chi connectivity index (χ3n) is 7.42.